The van der Waals surface area contributed by atoms with Crippen LogP contribution in [0.2, 0.25) is 0 Å². The third-order valence-corrected chi connectivity index (χ3v) is 3.28. The predicted molar refractivity (Wildman–Crippen MR) is 79.4 cm³/mol. The summed E-state index contributed by atoms with van der Waals surface area (Å²) in [4.78, 5) is 12.2. The van der Waals surface area contributed by atoms with Crippen molar-refractivity contribution in [3.05, 3.63) is 58.7 Å². The van der Waals surface area contributed by atoms with Crippen LogP contribution in [0.1, 0.15) is 27.0 Å². The lowest BCUT2D eigenvalue weighted by atomic mass is 10.1. The molecule has 1 amide bonds. The number of hydrogen-bond acceptors (Lipinski definition) is 3. The first kappa shape index (κ1) is 13.6. The molecule has 0 aromatic heterocycles. The Kier molecular flexibility index (Phi) is 3.72. The number of nitrogens with zero attached hydrogens (tertiary/aromatic N) is 1. The maximum absolute atomic E-state index is 12.2. The SMILES string of the molecule is Cc1ccc(N)c(NC(=O)c2ccc(C#N)cc2)c1C. The van der Waals surface area contributed by atoms with E-state index in [0.717, 1.165) is 11.1 Å². The second-order valence-corrected chi connectivity index (χ2v) is 4.61. The van der Waals surface area contributed by atoms with Gasteiger partial charge in [0.25, 0.3) is 5.91 Å². The zero-order chi connectivity index (χ0) is 14.7. The Morgan fingerprint density at radius 2 is 1.80 bits per heavy atom. The van der Waals surface area contributed by atoms with Gasteiger partial charge < -0.3 is 11.1 Å². The molecule has 0 bridgehead atoms. The number of nitriles is 1. The molecule has 3 N–H and O–H groups in total. The average Bonchev–Trinajstić information content (AvgIpc) is 2.47. The van der Waals surface area contributed by atoms with E-state index in [1.54, 1.807) is 30.3 Å². The van der Waals surface area contributed by atoms with Crippen LogP contribution in [0.25, 0.3) is 0 Å². The summed E-state index contributed by atoms with van der Waals surface area (Å²) >= 11 is 0. The third kappa shape index (κ3) is 2.62. The van der Waals surface area contributed by atoms with Crippen LogP contribution < -0.4 is 11.1 Å². The van der Waals surface area contributed by atoms with Crippen molar-refractivity contribution in [2.45, 2.75) is 13.8 Å². The van der Waals surface area contributed by atoms with Gasteiger partial charge in [-0.2, -0.15) is 5.26 Å². The minimum Gasteiger partial charge on any atom is -0.397 e. The number of carbonyl (C=O) groups excluding carboxylic acids is 1. The van der Waals surface area contributed by atoms with Crippen LogP contribution in [-0.4, -0.2) is 5.91 Å². The lowest BCUT2D eigenvalue weighted by molar-refractivity contribution is 0.102. The van der Waals surface area contributed by atoms with Gasteiger partial charge in [-0.1, -0.05) is 6.07 Å². The Labute approximate surface area is 117 Å². The third-order valence-electron chi connectivity index (χ3n) is 3.28. The molecule has 0 spiro atoms. The number of rotatable bonds is 2. The number of hydrogen-bond donors (Lipinski definition) is 2. The van der Waals surface area contributed by atoms with Crippen molar-refractivity contribution < 1.29 is 4.79 Å². The maximum atomic E-state index is 12.2. The summed E-state index contributed by atoms with van der Waals surface area (Å²) in [5, 5.41) is 11.6. The summed E-state index contributed by atoms with van der Waals surface area (Å²) < 4.78 is 0. The molecule has 0 atom stereocenters. The van der Waals surface area contributed by atoms with Crippen molar-refractivity contribution >= 4 is 17.3 Å². The molecule has 0 saturated heterocycles. The second-order valence-electron chi connectivity index (χ2n) is 4.61. The first-order chi connectivity index (χ1) is 9.52. The summed E-state index contributed by atoms with van der Waals surface area (Å²) in [7, 11) is 0. The fraction of sp³-hybridized carbons (Fsp3) is 0.125. The molecule has 0 aliphatic heterocycles. The summed E-state index contributed by atoms with van der Waals surface area (Å²) in [6.45, 7) is 3.88. The van der Waals surface area contributed by atoms with Gasteiger partial charge in [0.2, 0.25) is 0 Å². The van der Waals surface area contributed by atoms with Crippen molar-refractivity contribution in [3.63, 3.8) is 0 Å². The van der Waals surface area contributed by atoms with Gasteiger partial charge in [0, 0.05) is 5.56 Å². The Balaban J connectivity index is 2.28. The summed E-state index contributed by atoms with van der Waals surface area (Å²) in [6.07, 6.45) is 0. The number of nitrogens with two attached hydrogens (primary N) is 1. The second kappa shape index (κ2) is 5.45. The van der Waals surface area contributed by atoms with Crippen LogP contribution in [0.5, 0.6) is 0 Å². The molecule has 0 fully saturated rings. The van der Waals surface area contributed by atoms with Crippen LogP contribution in [0.15, 0.2) is 36.4 Å². The lowest BCUT2D eigenvalue weighted by Gasteiger charge is -2.13. The van der Waals surface area contributed by atoms with E-state index in [4.69, 9.17) is 11.0 Å². The number of benzene rings is 2. The van der Waals surface area contributed by atoms with Crippen LogP contribution in [0, 0.1) is 25.2 Å². The van der Waals surface area contributed by atoms with Gasteiger partial charge in [-0.15, -0.1) is 0 Å². The van der Waals surface area contributed by atoms with Crippen molar-refractivity contribution in [1.82, 2.24) is 0 Å². The van der Waals surface area contributed by atoms with Crippen molar-refractivity contribution in [2.75, 3.05) is 11.1 Å². The maximum Gasteiger partial charge on any atom is 0.255 e. The van der Waals surface area contributed by atoms with Crippen LogP contribution in [0.4, 0.5) is 11.4 Å². The van der Waals surface area contributed by atoms with E-state index in [-0.39, 0.29) is 5.91 Å². The Hall–Kier alpha value is -2.80. The topological polar surface area (TPSA) is 78.9 Å². The van der Waals surface area contributed by atoms with Gasteiger partial charge in [-0.25, -0.2) is 0 Å². The molecule has 0 heterocycles. The number of aryl methyl sites for hydroxylation is 1. The van der Waals surface area contributed by atoms with E-state index >= 15 is 0 Å². The standard InChI is InChI=1S/C16H15N3O/c1-10-3-8-14(18)15(11(10)2)19-16(20)13-6-4-12(9-17)5-7-13/h3-8H,18H2,1-2H3,(H,19,20). The van der Waals surface area contributed by atoms with E-state index in [2.05, 4.69) is 5.32 Å². The van der Waals surface area contributed by atoms with Gasteiger partial charge in [-0.3, -0.25) is 4.79 Å². The fourth-order valence-corrected chi connectivity index (χ4v) is 1.88. The molecule has 0 radical (unpaired) electrons. The van der Waals surface area contributed by atoms with Gasteiger partial charge in [0.1, 0.15) is 0 Å². The molecule has 0 aliphatic rings. The Morgan fingerprint density at radius 3 is 2.40 bits per heavy atom. The molecule has 0 saturated carbocycles. The monoisotopic (exact) mass is 265 g/mol. The van der Waals surface area contributed by atoms with Gasteiger partial charge in [-0.05, 0) is 55.3 Å². The first-order valence-corrected chi connectivity index (χ1v) is 6.20. The minimum absolute atomic E-state index is 0.241. The molecule has 20 heavy (non-hydrogen) atoms. The molecule has 100 valence electrons. The van der Waals surface area contributed by atoms with Gasteiger partial charge in [0.05, 0.1) is 23.0 Å². The first-order valence-electron chi connectivity index (χ1n) is 6.20. The quantitative estimate of drug-likeness (QED) is 0.819. The molecule has 4 heteroatoms. The van der Waals surface area contributed by atoms with Crippen molar-refractivity contribution in [2.24, 2.45) is 0 Å². The number of nitrogens with one attached hydrogen (secondary N) is 1. The zero-order valence-electron chi connectivity index (χ0n) is 11.4. The lowest BCUT2D eigenvalue weighted by Crippen LogP contribution is -2.14. The van der Waals surface area contributed by atoms with Crippen LogP contribution >= 0.6 is 0 Å². The number of nitrogen functional groups attached to an aromatic ring is 1. The Morgan fingerprint density at radius 1 is 1.15 bits per heavy atom. The molecule has 4 nitrogen and oxygen atoms in total. The van der Waals surface area contributed by atoms with Crippen LogP contribution in [-0.2, 0) is 0 Å². The molecular formula is C16H15N3O. The van der Waals surface area contributed by atoms with E-state index in [0.29, 0.717) is 22.5 Å². The molecule has 2 aromatic rings. The average molecular weight is 265 g/mol. The summed E-state index contributed by atoms with van der Waals surface area (Å²) in [6, 6.07) is 12.2. The number of anilines is 2. The van der Waals surface area contributed by atoms with E-state index in [1.165, 1.54) is 0 Å². The van der Waals surface area contributed by atoms with Gasteiger partial charge in [0.15, 0.2) is 0 Å². The highest BCUT2D eigenvalue weighted by Crippen LogP contribution is 2.26. The number of amides is 1. The zero-order valence-corrected chi connectivity index (χ0v) is 11.4. The smallest absolute Gasteiger partial charge is 0.255 e. The predicted octanol–water partition coefficient (Wildman–Crippen LogP) is 3.01. The Bertz CT molecular complexity index is 697. The van der Waals surface area contributed by atoms with E-state index in [1.807, 2.05) is 26.0 Å². The molecule has 2 aromatic carbocycles. The molecule has 2 rings (SSSR count). The highest BCUT2D eigenvalue weighted by Gasteiger charge is 2.11. The summed E-state index contributed by atoms with van der Waals surface area (Å²) in [5.74, 6) is -0.241. The fourth-order valence-electron chi connectivity index (χ4n) is 1.88. The van der Waals surface area contributed by atoms with Crippen molar-refractivity contribution in [1.29, 1.82) is 5.26 Å². The molecule has 0 aliphatic carbocycles. The molecular weight excluding hydrogens is 250 g/mol. The van der Waals surface area contributed by atoms with E-state index < -0.39 is 0 Å². The van der Waals surface area contributed by atoms with Crippen molar-refractivity contribution in [3.8, 4) is 6.07 Å². The molecule has 0 unspecified atom stereocenters. The highest BCUT2D eigenvalue weighted by atomic mass is 16.1. The van der Waals surface area contributed by atoms with Gasteiger partial charge >= 0.3 is 0 Å². The van der Waals surface area contributed by atoms with E-state index in [9.17, 15) is 4.79 Å². The highest BCUT2D eigenvalue weighted by molar-refractivity contribution is 6.06. The normalized spacial score (nSPS) is 9.85. The van der Waals surface area contributed by atoms with Crippen LogP contribution in [0.3, 0.4) is 0 Å². The summed E-state index contributed by atoms with van der Waals surface area (Å²) in [5.41, 5.74) is 10.1. The minimum atomic E-state index is -0.241. The number of carbonyl (C=O) groups is 1. The largest absolute Gasteiger partial charge is 0.397 e.